The summed E-state index contributed by atoms with van der Waals surface area (Å²) in [6, 6.07) is 0.410. The largest absolute Gasteiger partial charge is 0.481 e. The third kappa shape index (κ3) is 3.61. The molecule has 5 heteroatoms. The Morgan fingerprint density at radius 2 is 2.43 bits per heavy atom. The number of carboxylic acids is 1. The summed E-state index contributed by atoms with van der Waals surface area (Å²) in [4.78, 5) is 12.7. The smallest absolute Gasteiger partial charge is 0.304 e. The van der Waals surface area contributed by atoms with Crippen molar-refractivity contribution in [3.63, 3.8) is 0 Å². The van der Waals surface area contributed by atoms with Crippen LogP contribution in [-0.2, 0) is 4.79 Å². The highest BCUT2D eigenvalue weighted by atomic mass is 16.4. The van der Waals surface area contributed by atoms with Gasteiger partial charge in [0.25, 0.3) is 0 Å². The lowest BCUT2D eigenvalue weighted by Gasteiger charge is -2.35. The minimum absolute atomic E-state index is 0.223. The van der Waals surface area contributed by atoms with Gasteiger partial charge < -0.3 is 16.2 Å². The lowest BCUT2D eigenvalue weighted by molar-refractivity contribution is -0.137. The molecule has 1 rings (SSSR count). The molecule has 82 valence electrons. The van der Waals surface area contributed by atoms with E-state index in [0.717, 1.165) is 26.1 Å². The number of carbonyl (C=O) groups is 1. The van der Waals surface area contributed by atoms with E-state index < -0.39 is 5.97 Å². The van der Waals surface area contributed by atoms with Crippen molar-refractivity contribution in [3.05, 3.63) is 0 Å². The van der Waals surface area contributed by atoms with E-state index in [1.54, 1.807) is 0 Å². The molecule has 1 unspecified atom stereocenters. The second-order valence-electron chi connectivity index (χ2n) is 3.62. The molecule has 5 nitrogen and oxygen atoms in total. The van der Waals surface area contributed by atoms with Gasteiger partial charge in [0.05, 0.1) is 6.42 Å². The normalized spacial score (nSPS) is 23.6. The van der Waals surface area contributed by atoms with E-state index in [1.165, 1.54) is 0 Å². The first-order chi connectivity index (χ1) is 6.74. The van der Waals surface area contributed by atoms with Gasteiger partial charge in [0.15, 0.2) is 0 Å². The number of hydrogen-bond acceptors (Lipinski definition) is 4. The Morgan fingerprint density at radius 1 is 1.64 bits per heavy atom. The summed E-state index contributed by atoms with van der Waals surface area (Å²) in [5.74, 6) is -0.727. The number of aliphatic carboxylic acids is 1. The Balaban J connectivity index is 2.33. The van der Waals surface area contributed by atoms with E-state index >= 15 is 0 Å². The number of nitrogens with one attached hydrogen (secondary N) is 1. The van der Waals surface area contributed by atoms with Crippen LogP contribution >= 0.6 is 0 Å². The Morgan fingerprint density at radius 3 is 3.07 bits per heavy atom. The van der Waals surface area contributed by atoms with Crippen molar-refractivity contribution in [2.24, 2.45) is 5.73 Å². The van der Waals surface area contributed by atoms with Crippen LogP contribution in [0.15, 0.2) is 0 Å². The second kappa shape index (κ2) is 5.95. The molecule has 1 aliphatic rings. The van der Waals surface area contributed by atoms with E-state index in [1.807, 2.05) is 0 Å². The number of carboxylic acid groups (broad SMARTS) is 1. The van der Waals surface area contributed by atoms with Crippen LogP contribution in [0.3, 0.4) is 0 Å². The molecule has 0 spiro atoms. The fraction of sp³-hybridized carbons (Fsp3) is 0.889. The van der Waals surface area contributed by atoms with E-state index in [4.69, 9.17) is 10.8 Å². The monoisotopic (exact) mass is 201 g/mol. The molecule has 0 bridgehead atoms. The SMILES string of the molecule is NCCC1CNCCN1CCC(=O)O. The van der Waals surface area contributed by atoms with E-state index in [9.17, 15) is 4.79 Å². The predicted octanol–water partition coefficient (Wildman–Crippen LogP) is -0.916. The number of nitrogens with two attached hydrogens (primary N) is 1. The van der Waals surface area contributed by atoms with Gasteiger partial charge in [-0.05, 0) is 13.0 Å². The predicted molar refractivity (Wildman–Crippen MR) is 54.2 cm³/mol. The van der Waals surface area contributed by atoms with Crippen molar-refractivity contribution < 1.29 is 9.90 Å². The van der Waals surface area contributed by atoms with Crippen molar-refractivity contribution in [1.82, 2.24) is 10.2 Å². The lowest BCUT2D eigenvalue weighted by Crippen LogP contribution is -2.52. The van der Waals surface area contributed by atoms with Gasteiger partial charge in [0, 0.05) is 32.2 Å². The first-order valence-electron chi connectivity index (χ1n) is 5.10. The Bertz CT molecular complexity index is 185. The highest BCUT2D eigenvalue weighted by Gasteiger charge is 2.21. The molecular weight excluding hydrogens is 182 g/mol. The summed E-state index contributed by atoms with van der Waals surface area (Å²) in [7, 11) is 0. The van der Waals surface area contributed by atoms with Gasteiger partial charge in [-0.1, -0.05) is 0 Å². The van der Waals surface area contributed by atoms with Crippen LogP contribution in [0.25, 0.3) is 0 Å². The number of piperazine rings is 1. The molecule has 1 aliphatic heterocycles. The fourth-order valence-electron chi connectivity index (χ4n) is 1.81. The van der Waals surface area contributed by atoms with Gasteiger partial charge in [-0.3, -0.25) is 9.69 Å². The molecule has 0 aliphatic carbocycles. The number of rotatable bonds is 5. The summed E-state index contributed by atoms with van der Waals surface area (Å²) in [6.45, 7) is 4.10. The molecule has 1 fully saturated rings. The topological polar surface area (TPSA) is 78.6 Å². The highest BCUT2D eigenvalue weighted by molar-refractivity contribution is 5.66. The molecule has 0 aromatic rings. The third-order valence-corrected chi connectivity index (χ3v) is 2.58. The molecule has 14 heavy (non-hydrogen) atoms. The fourth-order valence-corrected chi connectivity index (χ4v) is 1.81. The van der Waals surface area contributed by atoms with Gasteiger partial charge in [-0.2, -0.15) is 0 Å². The van der Waals surface area contributed by atoms with Gasteiger partial charge in [-0.15, -0.1) is 0 Å². The van der Waals surface area contributed by atoms with Gasteiger partial charge in [0.1, 0.15) is 0 Å². The van der Waals surface area contributed by atoms with Gasteiger partial charge >= 0.3 is 5.97 Å². The Labute approximate surface area is 84.3 Å². The average molecular weight is 201 g/mol. The van der Waals surface area contributed by atoms with Crippen LogP contribution < -0.4 is 11.1 Å². The first kappa shape index (κ1) is 11.4. The van der Waals surface area contributed by atoms with Crippen LogP contribution in [-0.4, -0.2) is 54.7 Å². The van der Waals surface area contributed by atoms with Crippen LogP contribution in [0.1, 0.15) is 12.8 Å². The van der Waals surface area contributed by atoms with Crippen molar-refractivity contribution in [2.45, 2.75) is 18.9 Å². The maximum Gasteiger partial charge on any atom is 0.304 e. The molecule has 0 aromatic carbocycles. The molecule has 4 N–H and O–H groups in total. The molecule has 0 radical (unpaired) electrons. The number of nitrogens with zero attached hydrogens (tertiary/aromatic N) is 1. The maximum absolute atomic E-state index is 10.4. The minimum atomic E-state index is -0.727. The van der Waals surface area contributed by atoms with E-state index in [-0.39, 0.29) is 6.42 Å². The highest BCUT2D eigenvalue weighted by Crippen LogP contribution is 2.07. The zero-order valence-corrected chi connectivity index (χ0v) is 8.41. The standard InChI is InChI=1S/C9H19N3O2/c10-3-1-8-7-11-4-6-12(8)5-2-9(13)14/h8,11H,1-7,10H2,(H,13,14). The average Bonchev–Trinajstić information content (AvgIpc) is 2.17. The lowest BCUT2D eigenvalue weighted by atomic mass is 10.1. The van der Waals surface area contributed by atoms with E-state index in [2.05, 4.69) is 10.2 Å². The van der Waals surface area contributed by atoms with Crippen molar-refractivity contribution in [1.29, 1.82) is 0 Å². The Hall–Kier alpha value is -0.650. The third-order valence-electron chi connectivity index (χ3n) is 2.58. The summed E-state index contributed by atoms with van der Waals surface area (Å²) in [6.07, 6.45) is 1.16. The van der Waals surface area contributed by atoms with Crippen LogP contribution in [0.4, 0.5) is 0 Å². The van der Waals surface area contributed by atoms with E-state index in [0.29, 0.717) is 19.1 Å². The maximum atomic E-state index is 10.4. The summed E-state index contributed by atoms with van der Waals surface area (Å²) >= 11 is 0. The van der Waals surface area contributed by atoms with Crippen LogP contribution in [0.2, 0.25) is 0 Å². The molecule has 0 aromatic heterocycles. The molecule has 1 atom stereocenters. The van der Waals surface area contributed by atoms with Crippen molar-refractivity contribution >= 4 is 5.97 Å². The zero-order chi connectivity index (χ0) is 10.4. The molecular formula is C9H19N3O2. The zero-order valence-electron chi connectivity index (χ0n) is 8.41. The molecule has 0 amide bonds. The quantitative estimate of drug-likeness (QED) is 0.536. The second-order valence-corrected chi connectivity index (χ2v) is 3.62. The Kier molecular flexibility index (Phi) is 4.86. The molecule has 0 saturated carbocycles. The molecule has 1 saturated heterocycles. The van der Waals surface area contributed by atoms with Crippen LogP contribution in [0, 0.1) is 0 Å². The van der Waals surface area contributed by atoms with Crippen molar-refractivity contribution in [3.8, 4) is 0 Å². The summed E-state index contributed by atoms with van der Waals surface area (Å²) in [5, 5.41) is 11.9. The molecule has 1 heterocycles. The van der Waals surface area contributed by atoms with Gasteiger partial charge in [-0.25, -0.2) is 0 Å². The first-order valence-corrected chi connectivity index (χ1v) is 5.10. The summed E-state index contributed by atoms with van der Waals surface area (Å²) in [5.41, 5.74) is 5.51. The van der Waals surface area contributed by atoms with Crippen molar-refractivity contribution in [2.75, 3.05) is 32.7 Å². The summed E-state index contributed by atoms with van der Waals surface area (Å²) < 4.78 is 0. The number of hydrogen-bond donors (Lipinski definition) is 3. The minimum Gasteiger partial charge on any atom is -0.481 e. The van der Waals surface area contributed by atoms with Crippen LogP contribution in [0.5, 0.6) is 0 Å². The van der Waals surface area contributed by atoms with Gasteiger partial charge in [0.2, 0.25) is 0 Å².